The zero-order chi connectivity index (χ0) is 6.41. The minimum absolute atomic E-state index is 0.448. The lowest BCUT2D eigenvalue weighted by Gasteiger charge is -1.81. The van der Waals surface area contributed by atoms with E-state index in [9.17, 15) is 4.79 Å². The summed E-state index contributed by atoms with van der Waals surface area (Å²) in [6.07, 6.45) is 1.06. The third-order valence-corrected chi connectivity index (χ3v) is 0.477. The lowest BCUT2D eigenvalue weighted by atomic mass is 10.6. The van der Waals surface area contributed by atoms with Gasteiger partial charge in [0, 0.05) is 6.54 Å². The Balaban J connectivity index is 3.20. The molecule has 1 amide bonds. The predicted octanol–water partition coefficient (Wildman–Crippen LogP) is -1.50. The Labute approximate surface area is 47.6 Å². The first-order valence-electron chi connectivity index (χ1n) is 2.26. The molecule has 0 radical (unpaired) electrons. The van der Waals surface area contributed by atoms with Gasteiger partial charge in [-0.15, -0.1) is 0 Å². The number of carbonyl (C=O) groups is 1. The zero-order valence-electron chi connectivity index (χ0n) is 4.50. The van der Waals surface area contributed by atoms with Crippen LogP contribution < -0.4 is 11.5 Å². The van der Waals surface area contributed by atoms with E-state index in [1.807, 2.05) is 0 Å². The molecule has 0 fully saturated rings. The predicted molar refractivity (Wildman–Crippen MR) is 31.6 cm³/mol. The van der Waals surface area contributed by atoms with Gasteiger partial charge in [-0.25, -0.2) is 0 Å². The summed E-state index contributed by atoms with van der Waals surface area (Å²) in [5, 5.41) is 0. The second-order valence-electron chi connectivity index (χ2n) is 1.23. The van der Waals surface area contributed by atoms with E-state index in [2.05, 4.69) is 4.99 Å². The molecule has 0 aromatic heterocycles. The number of hydrogen-bond acceptors (Lipinski definition) is 3. The summed E-state index contributed by atoms with van der Waals surface area (Å²) >= 11 is 0. The third kappa shape index (κ3) is 5.10. The lowest BCUT2D eigenvalue weighted by Crippen LogP contribution is -2.12. The van der Waals surface area contributed by atoms with Crippen molar-refractivity contribution in [3.05, 3.63) is 0 Å². The number of rotatable bonds is 3. The van der Waals surface area contributed by atoms with Gasteiger partial charge < -0.3 is 11.5 Å². The second kappa shape index (κ2) is 4.26. The Morgan fingerprint density at radius 2 is 2.38 bits per heavy atom. The number of primary amides is 1. The molecular formula is C4H9N3O. The van der Waals surface area contributed by atoms with E-state index in [1.54, 1.807) is 0 Å². The van der Waals surface area contributed by atoms with Crippen molar-refractivity contribution < 1.29 is 4.79 Å². The van der Waals surface area contributed by atoms with E-state index in [-0.39, 0.29) is 0 Å². The summed E-state index contributed by atoms with van der Waals surface area (Å²) in [6, 6.07) is 0. The molecule has 0 aliphatic heterocycles. The van der Waals surface area contributed by atoms with E-state index in [0.717, 1.165) is 6.21 Å². The number of nitrogens with two attached hydrogens (primary N) is 2. The molecule has 0 aromatic carbocycles. The summed E-state index contributed by atoms with van der Waals surface area (Å²) in [4.78, 5) is 13.5. The van der Waals surface area contributed by atoms with Gasteiger partial charge in [0.25, 0.3) is 5.91 Å². The number of hydrogen-bond donors (Lipinski definition) is 2. The fourth-order valence-electron chi connectivity index (χ4n) is 0.229. The highest BCUT2D eigenvalue weighted by Gasteiger charge is 1.79. The Bertz CT molecular complexity index is 99.5. The number of aliphatic imine (C=N–C) groups is 1. The molecule has 46 valence electrons. The van der Waals surface area contributed by atoms with Crippen molar-refractivity contribution in [1.82, 2.24) is 0 Å². The molecule has 4 heteroatoms. The van der Waals surface area contributed by atoms with Crippen molar-refractivity contribution in [3.8, 4) is 0 Å². The highest BCUT2D eigenvalue weighted by atomic mass is 16.1. The van der Waals surface area contributed by atoms with Crippen LogP contribution in [0.3, 0.4) is 0 Å². The SMILES string of the molecule is NCCN=CC(N)=O. The maximum absolute atomic E-state index is 9.91. The Hall–Kier alpha value is -0.900. The lowest BCUT2D eigenvalue weighted by molar-refractivity contribution is -0.111. The van der Waals surface area contributed by atoms with Crippen molar-refractivity contribution in [1.29, 1.82) is 0 Å². The van der Waals surface area contributed by atoms with Crippen LogP contribution in [0.4, 0.5) is 0 Å². The van der Waals surface area contributed by atoms with Gasteiger partial charge in [0.05, 0.1) is 12.8 Å². The molecule has 0 unspecified atom stereocenters. The van der Waals surface area contributed by atoms with Crippen LogP contribution in [0.25, 0.3) is 0 Å². The summed E-state index contributed by atoms with van der Waals surface area (Å²) in [7, 11) is 0. The molecule has 8 heavy (non-hydrogen) atoms. The molecule has 0 saturated heterocycles. The summed E-state index contributed by atoms with van der Waals surface area (Å²) < 4.78 is 0. The van der Waals surface area contributed by atoms with Crippen LogP contribution in [-0.4, -0.2) is 25.2 Å². The Kier molecular flexibility index (Phi) is 3.78. The van der Waals surface area contributed by atoms with Gasteiger partial charge in [0.2, 0.25) is 0 Å². The van der Waals surface area contributed by atoms with Gasteiger partial charge in [-0.1, -0.05) is 0 Å². The van der Waals surface area contributed by atoms with Crippen LogP contribution in [-0.2, 0) is 4.79 Å². The highest BCUT2D eigenvalue weighted by Crippen LogP contribution is 1.59. The summed E-state index contributed by atoms with van der Waals surface area (Å²) in [5.41, 5.74) is 9.75. The molecule has 4 N–H and O–H groups in total. The smallest absolute Gasteiger partial charge is 0.259 e. The van der Waals surface area contributed by atoms with Crippen LogP contribution in [0.1, 0.15) is 0 Å². The standard InChI is InChI=1S/C4H9N3O/c5-1-2-7-3-4(6)8/h3H,1-2,5H2,(H2,6,8). The number of amides is 1. The minimum Gasteiger partial charge on any atom is -0.365 e. The number of nitrogens with zero attached hydrogens (tertiary/aromatic N) is 1. The maximum atomic E-state index is 9.91. The first-order valence-corrected chi connectivity index (χ1v) is 2.26. The molecule has 4 nitrogen and oxygen atoms in total. The Morgan fingerprint density at radius 1 is 1.75 bits per heavy atom. The van der Waals surface area contributed by atoms with E-state index < -0.39 is 5.91 Å². The van der Waals surface area contributed by atoms with Gasteiger partial charge >= 0.3 is 0 Å². The minimum atomic E-state index is -0.529. The summed E-state index contributed by atoms with van der Waals surface area (Å²) in [6.45, 7) is 0.909. The van der Waals surface area contributed by atoms with Gasteiger partial charge in [0.1, 0.15) is 0 Å². The normalized spacial score (nSPS) is 10.1. The highest BCUT2D eigenvalue weighted by molar-refractivity contribution is 6.25. The zero-order valence-corrected chi connectivity index (χ0v) is 4.50. The average Bonchev–Trinajstić information content (AvgIpc) is 1.66. The van der Waals surface area contributed by atoms with Crippen molar-refractivity contribution in [3.63, 3.8) is 0 Å². The monoisotopic (exact) mass is 115 g/mol. The third-order valence-electron chi connectivity index (χ3n) is 0.477. The number of carbonyl (C=O) groups excluding carboxylic acids is 1. The molecule has 0 aliphatic rings. The molecule has 0 atom stereocenters. The van der Waals surface area contributed by atoms with Crippen LogP contribution >= 0.6 is 0 Å². The largest absolute Gasteiger partial charge is 0.365 e. The molecule has 0 aliphatic carbocycles. The van der Waals surface area contributed by atoms with Gasteiger partial charge in [0.15, 0.2) is 0 Å². The van der Waals surface area contributed by atoms with Gasteiger partial charge in [-0.05, 0) is 0 Å². The van der Waals surface area contributed by atoms with Gasteiger partial charge in [-0.2, -0.15) is 0 Å². The first-order chi connectivity index (χ1) is 3.77. The fourth-order valence-corrected chi connectivity index (χ4v) is 0.229. The van der Waals surface area contributed by atoms with Crippen molar-refractivity contribution in [2.75, 3.05) is 13.1 Å². The molecular weight excluding hydrogens is 106 g/mol. The van der Waals surface area contributed by atoms with Gasteiger partial charge in [-0.3, -0.25) is 9.79 Å². The van der Waals surface area contributed by atoms with Crippen LogP contribution in [0, 0.1) is 0 Å². The molecule has 0 bridgehead atoms. The quantitative estimate of drug-likeness (QED) is 0.439. The average molecular weight is 115 g/mol. The van der Waals surface area contributed by atoms with E-state index in [1.165, 1.54) is 0 Å². The molecule has 0 rings (SSSR count). The van der Waals surface area contributed by atoms with Crippen molar-refractivity contribution in [2.45, 2.75) is 0 Å². The molecule has 0 aromatic rings. The van der Waals surface area contributed by atoms with Crippen LogP contribution in [0.5, 0.6) is 0 Å². The van der Waals surface area contributed by atoms with E-state index in [4.69, 9.17) is 11.5 Å². The van der Waals surface area contributed by atoms with Crippen LogP contribution in [0.15, 0.2) is 4.99 Å². The van der Waals surface area contributed by atoms with E-state index >= 15 is 0 Å². The molecule has 0 saturated carbocycles. The van der Waals surface area contributed by atoms with Crippen molar-refractivity contribution in [2.24, 2.45) is 16.5 Å². The topological polar surface area (TPSA) is 81.5 Å². The maximum Gasteiger partial charge on any atom is 0.259 e. The van der Waals surface area contributed by atoms with Crippen LogP contribution in [0.2, 0.25) is 0 Å². The van der Waals surface area contributed by atoms with Crippen molar-refractivity contribution >= 4 is 12.1 Å². The molecule has 0 heterocycles. The first kappa shape index (κ1) is 7.10. The summed E-state index contributed by atoms with van der Waals surface area (Å²) in [5.74, 6) is -0.529. The van der Waals surface area contributed by atoms with E-state index in [0.29, 0.717) is 13.1 Å². The molecule has 0 spiro atoms. The fraction of sp³-hybridized carbons (Fsp3) is 0.500. The Morgan fingerprint density at radius 3 is 2.75 bits per heavy atom. The second-order valence-corrected chi connectivity index (χ2v) is 1.23.